The summed E-state index contributed by atoms with van der Waals surface area (Å²) < 4.78 is 1.82. The van der Waals surface area contributed by atoms with Crippen molar-refractivity contribution in [2.45, 2.75) is 27.3 Å². The van der Waals surface area contributed by atoms with E-state index in [0.717, 1.165) is 27.6 Å². The van der Waals surface area contributed by atoms with Crippen molar-refractivity contribution in [1.29, 1.82) is 0 Å². The van der Waals surface area contributed by atoms with Gasteiger partial charge in [-0.2, -0.15) is 0 Å². The van der Waals surface area contributed by atoms with Crippen molar-refractivity contribution in [3.05, 3.63) is 80.1 Å². The van der Waals surface area contributed by atoms with Gasteiger partial charge in [-0.25, -0.2) is 0 Å². The van der Waals surface area contributed by atoms with Crippen molar-refractivity contribution in [2.75, 3.05) is 0 Å². The minimum atomic E-state index is 0.0110. The molecule has 22 heavy (non-hydrogen) atoms. The summed E-state index contributed by atoms with van der Waals surface area (Å²) in [6, 6.07) is 13.6. The Balaban J connectivity index is 2.30. The summed E-state index contributed by atoms with van der Waals surface area (Å²) in [7, 11) is 0. The molecule has 0 N–H and O–H groups in total. The van der Waals surface area contributed by atoms with Crippen LogP contribution in [0, 0.1) is 20.8 Å². The van der Waals surface area contributed by atoms with Gasteiger partial charge in [0.1, 0.15) is 0 Å². The molecule has 1 aromatic heterocycles. The van der Waals surface area contributed by atoms with Crippen LogP contribution >= 0.6 is 11.6 Å². The normalized spacial score (nSPS) is 11.1. The number of hydrogen-bond donors (Lipinski definition) is 0. The number of hydrogen-bond acceptors (Lipinski definition) is 1. The Morgan fingerprint density at radius 2 is 1.73 bits per heavy atom. The Bertz CT molecular complexity index is 925. The number of aromatic nitrogens is 1. The summed E-state index contributed by atoms with van der Waals surface area (Å²) in [5.41, 5.74) is 5.30. The molecule has 2 nitrogen and oxygen atoms in total. The number of nitrogens with zero attached hydrogens (tertiary/aromatic N) is 1. The van der Waals surface area contributed by atoms with Gasteiger partial charge in [0.2, 0.25) is 0 Å². The van der Waals surface area contributed by atoms with E-state index in [2.05, 4.69) is 26.0 Å². The molecule has 0 atom stereocenters. The highest BCUT2D eigenvalue weighted by atomic mass is 35.5. The van der Waals surface area contributed by atoms with Crippen molar-refractivity contribution >= 4 is 22.5 Å². The van der Waals surface area contributed by atoms with Crippen molar-refractivity contribution in [3.63, 3.8) is 0 Å². The van der Waals surface area contributed by atoms with E-state index in [9.17, 15) is 4.79 Å². The zero-order valence-corrected chi connectivity index (χ0v) is 13.7. The minimum Gasteiger partial charge on any atom is -0.304 e. The number of aryl methyl sites for hydroxylation is 3. The van der Waals surface area contributed by atoms with Crippen LogP contribution in [0.15, 0.2) is 47.3 Å². The third-order valence-corrected chi connectivity index (χ3v) is 4.40. The Morgan fingerprint density at radius 1 is 1.00 bits per heavy atom. The van der Waals surface area contributed by atoms with Crippen LogP contribution in [0.2, 0.25) is 5.02 Å². The molecule has 2 aromatic carbocycles. The molecule has 1 heterocycles. The summed E-state index contributed by atoms with van der Waals surface area (Å²) in [6.07, 6.45) is 0. The lowest BCUT2D eigenvalue weighted by Gasteiger charge is -2.16. The molecule has 3 heteroatoms. The summed E-state index contributed by atoms with van der Waals surface area (Å²) in [4.78, 5) is 12.5. The van der Waals surface area contributed by atoms with Gasteiger partial charge in [0.05, 0.1) is 12.1 Å². The van der Waals surface area contributed by atoms with Gasteiger partial charge in [-0.05, 0) is 49.6 Å². The van der Waals surface area contributed by atoms with Crippen LogP contribution in [0.4, 0.5) is 0 Å². The highest BCUT2D eigenvalue weighted by Gasteiger charge is 2.11. The molecule has 0 aliphatic carbocycles. The number of pyridine rings is 1. The lowest BCUT2D eigenvalue weighted by molar-refractivity contribution is 0.790. The quantitative estimate of drug-likeness (QED) is 0.676. The van der Waals surface area contributed by atoms with Crippen LogP contribution in [0.3, 0.4) is 0 Å². The summed E-state index contributed by atoms with van der Waals surface area (Å²) in [5, 5.41) is 1.82. The van der Waals surface area contributed by atoms with Crippen LogP contribution in [0.25, 0.3) is 10.9 Å². The number of benzene rings is 2. The van der Waals surface area contributed by atoms with E-state index < -0.39 is 0 Å². The molecular weight excluding hydrogens is 294 g/mol. The van der Waals surface area contributed by atoms with E-state index in [1.807, 2.05) is 35.8 Å². The molecule has 0 bridgehead atoms. The molecule has 3 aromatic rings. The van der Waals surface area contributed by atoms with E-state index in [1.165, 1.54) is 5.56 Å². The monoisotopic (exact) mass is 311 g/mol. The lowest BCUT2D eigenvalue weighted by Crippen LogP contribution is -2.21. The first-order valence-corrected chi connectivity index (χ1v) is 7.70. The van der Waals surface area contributed by atoms with Gasteiger partial charge < -0.3 is 4.57 Å². The molecule has 0 aliphatic rings. The maximum Gasteiger partial charge on any atom is 0.251 e. The number of fused-ring (bicyclic) bond motifs is 1. The molecule has 0 spiro atoms. The van der Waals surface area contributed by atoms with Crippen molar-refractivity contribution in [3.8, 4) is 0 Å². The zero-order valence-electron chi connectivity index (χ0n) is 13.0. The fourth-order valence-corrected chi connectivity index (χ4v) is 3.22. The van der Waals surface area contributed by atoms with Gasteiger partial charge in [0.15, 0.2) is 0 Å². The predicted octanol–water partition coefficient (Wildman–Crippen LogP) is 4.63. The average Bonchev–Trinajstić information content (AvgIpc) is 2.45. The van der Waals surface area contributed by atoms with Gasteiger partial charge in [-0.3, -0.25) is 4.79 Å². The van der Waals surface area contributed by atoms with E-state index >= 15 is 0 Å². The molecule has 112 valence electrons. The van der Waals surface area contributed by atoms with Crippen LogP contribution in [0.5, 0.6) is 0 Å². The van der Waals surface area contributed by atoms with Crippen molar-refractivity contribution in [1.82, 2.24) is 4.57 Å². The molecule has 0 fully saturated rings. The maximum atomic E-state index is 12.5. The molecule has 0 saturated carbocycles. The third-order valence-electron chi connectivity index (χ3n) is 4.03. The van der Waals surface area contributed by atoms with Crippen molar-refractivity contribution < 1.29 is 0 Å². The summed E-state index contributed by atoms with van der Waals surface area (Å²) >= 11 is 6.26. The van der Waals surface area contributed by atoms with Gasteiger partial charge in [-0.1, -0.05) is 41.4 Å². The second kappa shape index (κ2) is 5.62. The highest BCUT2D eigenvalue weighted by molar-refractivity contribution is 6.31. The smallest absolute Gasteiger partial charge is 0.251 e. The van der Waals surface area contributed by atoms with Crippen LogP contribution in [0.1, 0.15) is 22.3 Å². The van der Waals surface area contributed by atoms with Crippen molar-refractivity contribution in [2.24, 2.45) is 0 Å². The molecule has 0 radical (unpaired) electrons. The first-order valence-electron chi connectivity index (χ1n) is 7.32. The second-order valence-corrected chi connectivity index (χ2v) is 6.23. The van der Waals surface area contributed by atoms with E-state index in [1.54, 1.807) is 6.07 Å². The van der Waals surface area contributed by atoms with Gasteiger partial charge in [0.25, 0.3) is 5.56 Å². The maximum absolute atomic E-state index is 12.5. The van der Waals surface area contributed by atoms with Crippen LogP contribution in [-0.4, -0.2) is 4.57 Å². The first-order chi connectivity index (χ1) is 10.5. The Hall–Kier alpha value is -2.06. The first kappa shape index (κ1) is 14.9. The molecule has 0 saturated heterocycles. The van der Waals surface area contributed by atoms with E-state index in [-0.39, 0.29) is 5.56 Å². The van der Waals surface area contributed by atoms with E-state index in [0.29, 0.717) is 11.6 Å². The van der Waals surface area contributed by atoms with E-state index in [4.69, 9.17) is 11.6 Å². The number of halogens is 1. The van der Waals surface area contributed by atoms with Gasteiger partial charge in [0, 0.05) is 16.5 Å². The highest BCUT2D eigenvalue weighted by Crippen LogP contribution is 2.24. The topological polar surface area (TPSA) is 22.0 Å². The lowest BCUT2D eigenvalue weighted by atomic mass is 10.0. The fraction of sp³-hybridized carbons (Fsp3) is 0.211. The zero-order chi connectivity index (χ0) is 15.9. The summed E-state index contributed by atoms with van der Waals surface area (Å²) in [5.74, 6) is 0. The largest absolute Gasteiger partial charge is 0.304 e. The Labute approximate surface area is 135 Å². The summed E-state index contributed by atoms with van der Waals surface area (Å²) in [6.45, 7) is 6.61. The van der Waals surface area contributed by atoms with Crippen LogP contribution in [-0.2, 0) is 6.54 Å². The third kappa shape index (κ3) is 2.55. The second-order valence-electron chi connectivity index (χ2n) is 5.82. The molecule has 0 amide bonds. The standard InChI is InChI=1S/C19H18ClNO/c1-12-8-14(3)19-16(9-12)13(2)10-18(22)21(19)11-15-6-4-5-7-17(15)20/h4-10H,11H2,1-3H3. The molecule has 0 aliphatic heterocycles. The minimum absolute atomic E-state index is 0.0110. The predicted molar refractivity (Wildman–Crippen MR) is 93.0 cm³/mol. The fourth-order valence-electron chi connectivity index (χ4n) is 3.02. The average molecular weight is 312 g/mol. The van der Waals surface area contributed by atoms with Gasteiger partial charge in [-0.15, -0.1) is 0 Å². The van der Waals surface area contributed by atoms with Crippen LogP contribution < -0.4 is 5.56 Å². The molecular formula is C19H18ClNO. The Morgan fingerprint density at radius 3 is 2.45 bits per heavy atom. The van der Waals surface area contributed by atoms with Gasteiger partial charge >= 0.3 is 0 Å². The number of rotatable bonds is 2. The molecule has 0 unspecified atom stereocenters. The Kier molecular flexibility index (Phi) is 3.79. The SMILES string of the molecule is Cc1cc(C)c2c(c1)c(C)cc(=O)n2Cc1ccccc1Cl. The molecule has 3 rings (SSSR count).